The number of hydrogen-bond donors (Lipinski definition) is 3. The molecule has 0 spiro atoms. The molecular weight excluding hydrogens is 283 g/mol. The van der Waals surface area contributed by atoms with Crippen LogP contribution >= 0.6 is 0 Å². The predicted molar refractivity (Wildman–Crippen MR) is 74.0 cm³/mol. The third kappa shape index (κ3) is 2.86. The molecule has 1 heterocycles. The van der Waals surface area contributed by atoms with Gasteiger partial charge in [-0.3, -0.25) is 10.6 Å². The average molecular weight is 296 g/mol. The van der Waals surface area contributed by atoms with Crippen molar-refractivity contribution in [2.45, 2.75) is 11.9 Å². The quantitative estimate of drug-likeness (QED) is 0.588. The van der Waals surface area contributed by atoms with Crippen molar-refractivity contribution >= 4 is 21.4 Å². The molecule has 4 N–H and O–H groups in total. The Bertz CT molecular complexity index is 734. The first-order valence-corrected chi connectivity index (χ1v) is 7.13. The maximum Gasteiger partial charge on any atom is 0.281 e. The zero-order chi connectivity index (χ0) is 14.8. The Balaban J connectivity index is 2.38. The summed E-state index contributed by atoms with van der Waals surface area (Å²) in [7, 11) is -3.96. The van der Waals surface area contributed by atoms with Gasteiger partial charge in [-0.2, -0.15) is 8.42 Å². The highest BCUT2D eigenvalue weighted by Crippen LogP contribution is 2.21. The number of nitrogens with zero attached hydrogens (tertiary/aromatic N) is 1. The van der Waals surface area contributed by atoms with Crippen LogP contribution in [0.15, 0.2) is 41.6 Å². The number of sulfonamides is 1. The zero-order valence-corrected chi connectivity index (χ0v) is 11.4. The van der Waals surface area contributed by atoms with Gasteiger partial charge in [0.15, 0.2) is 0 Å². The first-order chi connectivity index (χ1) is 9.44. The van der Waals surface area contributed by atoms with Crippen LogP contribution in [-0.2, 0) is 10.0 Å². The molecule has 0 saturated carbocycles. The lowest BCUT2D eigenvalue weighted by atomic mass is 10.2. The van der Waals surface area contributed by atoms with E-state index in [1.165, 1.54) is 24.4 Å². The summed E-state index contributed by atoms with van der Waals surface area (Å²) in [5.41, 5.74) is 2.94. The van der Waals surface area contributed by atoms with Gasteiger partial charge in [-0.25, -0.2) is 9.37 Å². The summed E-state index contributed by atoms with van der Waals surface area (Å²) in [5.74, 6) is 4.75. The van der Waals surface area contributed by atoms with Crippen molar-refractivity contribution in [3.63, 3.8) is 0 Å². The monoisotopic (exact) mass is 296 g/mol. The lowest BCUT2D eigenvalue weighted by Gasteiger charge is -2.11. The number of aryl methyl sites for hydroxylation is 1. The van der Waals surface area contributed by atoms with Gasteiger partial charge in [0.1, 0.15) is 5.82 Å². The normalized spacial score (nSPS) is 11.2. The molecule has 1 aromatic carbocycles. The Morgan fingerprint density at radius 3 is 2.70 bits per heavy atom. The van der Waals surface area contributed by atoms with Gasteiger partial charge in [-0.15, -0.1) is 0 Å². The summed E-state index contributed by atoms with van der Waals surface area (Å²) in [5, 5.41) is -0.261. The molecule has 6 nitrogen and oxygen atoms in total. The molecule has 0 fully saturated rings. The Hall–Kier alpha value is -2.19. The zero-order valence-electron chi connectivity index (χ0n) is 10.6. The molecule has 2 rings (SSSR count). The second-order valence-electron chi connectivity index (χ2n) is 4.07. The Morgan fingerprint density at radius 2 is 2.05 bits per heavy atom. The van der Waals surface area contributed by atoms with Crippen LogP contribution in [0.4, 0.5) is 15.8 Å². The number of benzene rings is 1. The minimum absolute atomic E-state index is 0.113. The fraction of sp³-hybridized carbons (Fsp3) is 0.0833. The van der Waals surface area contributed by atoms with E-state index in [1.54, 1.807) is 13.0 Å². The van der Waals surface area contributed by atoms with Crippen molar-refractivity contribution in [3.05, 3.63) is 47.9 Å². The fourth-order valence-electron chi connectivity index (χ4n) is 1.57. The predicted octanol–water partition coefficient (Wildman–Crippen LogP) is 1.62. The number of halogens is 1. The van der Waals surface area contributed by atoms with E-state index in [4.69, 9.17) is 5.84 Å². The molecule has 0 aliphatic heterocycles. The van der Waals surface area contributed by atoms with Crippen molar-refractivity contribution in [1.82, 2.24) is 4.98 Å². The molecule has 8 heteroatoms. The molecule has 0 amide bonds. The molecular formula is C12H13FN4O2S. The summed E-state index contributed by atoms with van der Waals surface area (Å²) in [6, 6.07) is 7.06. The van der Waals surface area contributed by atoms with Crippen molar-refractivity contribution in [2.24, 2.45) is 5.84 Å². The molecule has 0 radical (unpaired) electrons. The number of hydrazine groups is 1. The first kappa shape index (κ1) is 14.2. The summed E-state index contributed by atoms with van der Waals surface area (Å²) in [6.07, 6.45) is 1.32. The smallest absolute Gasteiger partial charge is 0.281 e. The first-order valence-electron chi connectivity index (χ1n) is 5.64. The molecule has 0 bridgehead atoms. The highest BCUT2D eigenvalue weighted by Gasteiger charge is 2.20. The molecule has 2 aromatic rings. The maximum absolute atomic E-state index is 13.4. The van der Waals surface area contributed by atoms with E-state index in [9.17, 15) is 12.8 Å². The fourth-order valence-corrected chi connectivity index (χ4v) is 2.72. The Kier molecular flexibility index (Phi) is 3.86. The highest BCUT2D eigenvalue weighted by molar-refractivity contribution is 7.92. The number of anilines is 2. The third-order valence-electron chi connectivity index (χ3n) is 2.61. The van der Waals surface area contributed by atoms with Gasteiger partial charge < -0.3 is 5.43 Å². The third-order valence-corrected chi connectivity index (χ3v) is 3.94. The van der Waals surface area contributed by atoms with E-state index in [0.29, 0.717) is 5.56 Å². The van der Waals surface area contributed by atoms with E-state index in [-0.39, 0.29) is 16.4 Å². The molecule has 0 unspecified atom stereocenters. The summed E-state index contributed by atoms with van der Waals surface area (Å²) >= 11 is 0. The molecule has 106 valence electrons. The van der Waals surface area contributed by atoms with E-state index < -0.39 is 15.8 Å². The summed E-state index contributed by atoms with van der Waals surface area (Å²) < 4.78 is 40.0. The molecule has 0 aliphatic carbocycles. The Morgan fingerprint density at radius 1 is 1.30 bits per heavy atom. The van der Waals surface area contributed by atoms with Crippen molar-refractivity contribution in [1.29, 1.82) is 0 Å². The van der Waals surface area contributed by atoms with Gasteiger partial charge in [0, 0.05) is 6.20 Å². The number of nitrogens with one attached hydrogen (secondary N) is 2. The number of rotatable bonds is 4. The minimum Gasteiger partial charge on any atom is -0.321 e. The van der Waals surface area contributed by atoms with E-state index in [2.05, 4.69) is 15.1 Å². The number of pyridine rings is 1. The standard InChI is InChI=1S/C12H13FN4O2S/c1-8-4-5-9(7-10(8)13)17-20(18,19)12-11(16-14)3-2-6-15-12/h2-7,16-17H,14H2,1H3. The SMILES string of the molecule is Cc1ccc(NS(=O)(=O)c2ncccc2NN)cc1F. The van der Waals surface area contributed by atoms with Crippen LogP contribution in [0.5, 0.6) is 0 Å². The number of nitrogens with two attached hydrogens (primary N) is 1. The number of hydrogen-bond acceptors (Lipinski definition) is 5. The summed E-state index contributed by atoms with van der Waals surface area (Å²) in [6.45, 7) is 1.59. The van der Waals surface area contributed by atoms with Gasteiger partial charge in [-0.05, 0) is 36.8 Å². The average Bonchev–Trinajstić information content (AvgIpc) is 2.42. The van der Waals surface area contributed by atoms with E-state index in [1.807, 2.05) is 0 Å². The Labute approximate surface area is 115 Å². The summed E-state index contributed by atoms with van der Waals surface area (Å²) in [4.78, 5) is 3.77. The lowest BCUT2D eigenvalue weighted by molar-refractivity contribution is 0.597. The lowest BCUT2D eigenvalue weighted by Crippen LogP contribution is -2.19. The van der Waals surface area contributed by atoms with Crippen LogP contribution in [0.2, 0.25) is 0 Å². The molecule has 20 heavy (non-hydrogen) atoms. The van der Waals surface area contributed by atoms with Gasteiger partial charge >= 0.3 is 0 Å². The van der Waals surface area contributed by atoms with Gasteiger partial charge in [-0.1, -0.05) is 6.07 Å². The number of nitrogen functional groups attached to an aromatic ring is 1. The van der Waals surface area contributed by atoms with Crippen LogP contribution in [-0.4, -0.2) is 13.4 Å². The van der Waals surface area contributed by atoms with Gasteiger partial charge in [0.2, 0.25) is 5.03 Å². The number of aromatic nitrogens is 1. The molecule has 0 atom stereocenters. The topological polar surface area (TPSA) is 97.1 Å². The second kappa shape index (κ2) is 5.43. The minimum atomic E-state index is -3.96. The van der Waals surface area contributed by atoms with Crippen molar-refractivity contribution in [2.75, 3.05) is 10.1 Å². The van der Waals surface area contributed by atoms with Crippen LogP contribution in [0, 0.1) is 12.7 Å². The molecule has 0 aliphatic rings. The second-order valence-corrected chi connectivity index (χ2v) is 5.67. The molecule has 1 aromatic heterocycles. The van der Waals surface area contributed by atoms with Crippen LogP contribution in [0.1, 0.15) is 5.56 Å². The highest BCUT2D eigenvalue weighted by atomic mass is 32.2. The van der Waals surface area contributed by atoms with Crippen molar-refractivity contribution < 1.29 is 12.8 Å². The molecule has 0 saturated heterocycles. The maximum atomic E-state index is 13.4. The van der Waals surface area contributed by atoms with E-state index in [0.717, 1.165) is 6.07 Å². The van der Waals surface area contributed by atoms with Crippen LogP contribution in [0.3, 0.4) is 0 Å². The van der Waals surface area contributed by atoms with E-state index >= 15 is 0 Å². The van der Waals surface area contributed by atoms with Crippen LogP contribution in [0.25, 0.3) is 0 Å². The van der Waals surface area contributed by atoms with Gasteiger partial charge in [0.05, 0.1) is 11.4 Å². The van der Waals surface area contributed by atoms with Crippen molar-refractivity contribution in [3.8, 4) is 0 Å². The largest absolute Gasteiger partial charge is 0.321 e. The van der Waals surface area contributed by atoms with Gasteiger partial charge in [0.25, 0.3) is 10.0 Å². The van der Waals surface area contributed by atoms with Crippen LogP contribution < -0.4 is 16.0 Å².